The number of nitrogens with one attached hydrogen (secondary N) is 1. The van der Waals surface area contributed by atoms with Crippen molar-refractivity contribution in [2.24, 2.45) is 0 Å². The predicted molar refractivity (Wildman–Crippen MR) is 69.4 cm³/mol. The van der Waals surface area contributed by atoms with Crippen LogP contribution in [0.1, 0.15) is 19.2 Å². The van der Waals surface area contributed by atoms with Crippen molar-refractivity contribution < 1.29 is 9.53 Å². The molecular weight excluding hydrogens is 246 g/mol. The Morgan fingerprint density at radius 3 is 3.00 bits per heavy atom. The number of hydrogen-bond donors (Lipinski definition) is 1. The van der Waals surface area contributed by atoms with Gasteiger partial charge in [0.2, 0.25) is 5.91 Å². The summed E-state index contributed by atoms with van der Waals surface area (Å²) in [7, 11) is 0. The van der Waals surface area contributed by atoms with Gasteiger partial charge < -0.3 is 15.0 Å². The van der Waals surface area contributed by atoms with Gasteiger partial charge in [-0.3, -0.25) is 4.79 Å². The molecule has 1 amide bonds. The van der Waals surface area contributed by atoms with Crippen molar-refractivity contribution in [2.45, 2.75) is 26.4 Å². The highest BCUT2D eigenvalue weighted by atomic mass is 16.5. The quantitative estimate of drug-likeness (QED) is 0.712. The lowest BCUT2D eigenvalue weighted by Crippen LogP contribution is -2.41. The number of aromatic nitrogens is 3. The first-order chi connectivity index (χ1) is 9.31. The number of rotatable bonds is 6. The SMILES string of the molecule is CCn1ncnc1CNCCC(=O)N1CCOCC1. The van der Waals surface area contributed by atoms with Crippen LogP contribution in [-0.4, -0.2) is 58.4 Å². The van der Waals surface area contributed by atoms with Gasteiger partial charge in [-0.25, -0.2) is 9.67 Å². The van der Waals surface area contributed by atoms with Crippen LogP contribution in [0.5, 0.6) is 0 Å². The van der Waals surface area contributed by atoms with Crippen molar-refractivity contribution in [2.75, 3.05) is 32.8 Å². The molecule has 0 bridgehead atoms. The second-order valence-corrected chi connectivity index (χ2v) is 4.41. The maximum absolute atomic E-state index is 11.9. The van der Waals surface area contributed by atoms with Gasteiger partial charge in [0.25, 0.3) is 0 Å². The van der Waals surface area contributed by atoms with Crippen molar-refractivity contribution in [3.8, 4) is 0 Å². The minimum absolute atomic E-state index is 0.188. The second-order valence-electron chi connectivity index (χ2n) is 4.41. The first-order valence-corrected chi connectivity index (χ1v) is 6.74. The van der Waals surface area contributed by atoms with E-state index in [9.17, 15) is 4.79 Å². The average molecular weight is 267 g/mol. The van der Waals surface area contributed by atoms with Gasteiger partial charge in [-0.2, -0.15) is 5.10 Å². The Kier molecular flexibility index (Phi) is 5.29. The van der Waals surface area contributed by atoms with Crippen molar-refractivity contribution in [1.82, 2.24) is 25.0 Å². The number of morpholine rings is 1. The Morgan fingerprint density at radius 1 is 1.47 bits per heavy atom. The average Bonchev–Trinajstić information content (AvgIpc) is 2.91. The van der Waals surface area contributed by atoms with Crippen LogP contribution in [0.25, 0.3) is 0 Å². The number of ether oxygens (including phenoxy) is 1. The van der Waals surface area contributed by atoms with Gasteiger partial charge in [0, 0.05) is 32.6 Å². The molecule has 2 rings (SSSR count). The molecule has 106 valence electrons. The number of carbonyl (C=O) groups excluding carboxylic acids is 1. The number of hydrogen-bond acceptors (Lipinski definition) is 5. The van der Waals surface area contributed by atoms with Crippen LogP contribution >= 0.6 is 0 Å². The molecule has 7 heteroatoms. The number of aryl methyl sites for hydroxylation is 1. The fourth-order valence-corrected chi connectivity index (χ4v) is 2.06. The molecule has 1 N–H and O–H groups in total. The molecule has 0 atom stereocenters. The zero-order chi connectivity index (χ0) is 13.5. The number of carbonyl (C=O) groups is 1. The van der Waals surface area contributed by atoms with Crippen LogP contribution < -0.4 is 5.32 Å². The Hall–Kier alpha value is -1.47. The largest absolute Gasteiger partial charge is 0.378 e. The molecular formula is C12H21N5O2. The summed E-state index contributed by atoms with van der Waals surface area (Å²) >= 11 is 0. The molecule has 0 unspecified atom stereocenters. The Labute approximate surface area is 112 Å². The smallest absolute Gasteiger partial charge is 0.224 e. The van der Waals surface area contributed by atoms with Crippen molar-refractivity contribution in [3.05, 3.63) is 12.2 Å². The van der Waals surface area contributed by atoms with Crippen LogP contribution in [0.15, 0.2) is 6.33 Å². The first kappa shape index (κ1) is 14.0. The summed E-state index contributed by atoms with van der Waals surface area (Å²) in [5, 5.41) is 7.33. The Bertz CT molecular complexity index is 401. The topological polar surface area (TPSA) is 72.3 Å². The van der Waals surface area contributed by atoms with E-state index in [0.717, 1.165) is 12.4 Å². The van der Waals surface area contributed by atoms with E-state index < -0.39 is 0 Å². The summed E-state index contributed by atoms with van der Waals surface area (Å²) in [6.07, 6.45) is 2.07. The minimum atomic E-state index is 0.188. The summed E-state index contributed by atoms with van der Waals surface area (Å²) in [4.78, 5) is 17.9. The van der Waals surface area contributed by atoms with Gasteiger partial charge in [-0.05, 0) is 6.92 Å². The molecule has 1 aliphatic heterocycles. The summed E-state index contributed by atoms with van der Waals surface area (Å²) in [5.74, 6) is 1.09. The zero-order valence-electron chi connectivity index (χ0n) is 11.3. The maximum Gasteiger partial charge on any atom is 0.224 e. The molecule has 1 aromatic rings. The van der Waals surface area contributed by atoms with Crippen LogP contribution in [0.3, 0.4) is 0 Å². The van der Waals surface area contributed by atoms with Crippen LogP contribution in [0.2, 0.25) is 0 Å². The number of amides is 1. The van der Waals surface area contributed by atoms with Gasteiger partial charge in [0.05, 0.1) is 19.8 Å². The lowest BCUT2D eigenvalue weighted by atomic mass is 10.3. The van der Waals surface area contributed by atoms with Gasteiger partial charge in [0.1, 0.15) is 12.2 Å². The summed E-state index contributed by atoms with van der Waals surface area (Å²) < 4.78 is 7.07. The van der Waals surface area contributed by atoms with E-state index in [1.54, 1.807) is 6.33 Å². The maximum atomic E-state index is 11.9. The molecule has 0 aromatic carbocycles. The van der Waals surface area contributed by atoms with E-state index >= 15 is 0 Å². The summed E-state index contributed by atoms with van der Waals surface area (Å²) in [6, 6.07) is 0. The normalized spacial score (nSPS) is 15.7. The first-order valence-electron chi connectivity index (χ1n) is 6.74. The third-order valence-electron chi connectivity index (χ3n) is 3.16. The lowest BCUT2D eigenvalue weighted by molar-refractivity contribution is -0.135. The molecule has 0 radical (unpaired) electrons. The van der Waals surface area contributed by atoms with Gasteiger partial charge in [0.15, 0.2) is 0 Å². The third kappa shape index (κ3) is 4.00. The van der Waals surface area contributed by atoms with Crippen LogP contribution in [-0.2, 0) is 22.6 Å². The van der Waals surface area contributed by atoms with E-state index in [4.69, 9.17) is 4.74 Å². The van der Waals surface area contributed by atoms with Crippen LogP contribution in [0, 0.1) is 0 Å². The summed E-state index contributed by atoms with van der Waals surface area (Å²) in [6.45, 7) is 6.87. The molecule has 1 saturated heterocycles. The minimum Gasteiger partial charge on any atom is -0.378 e. The van der Waals surface area contributed by atoms with E-state index in [2.05, 4.69) is 15.4 Å². The van der Waals surface area contributed by atoms with E-state index in [-0.39, 0.29) is 5.91 Å². The van der Waals surface area contributed by atoms with Crippen molar-refractivity contribution in [3.63, 3.8) is 0 Å². The van der Waals surface area contributed by atoms with E-state index in [0.29, 0.717) is 45.8 Å². The highest BCUT2D eigenvalue weighted by Gasteiger charge is 2.15. The zero-order valence-corrected chi connectivity index (χ0v) is 11.3. The molecule has 0 saturated carbocycles. The summed E-state index contributed by atoms with van der Waals surface area (Å²) in [5.41, 5.74) is 0. The predicted octanol–water partition coefficient (Wildman–Crippen LogP) is -0.363. The van der Waals surface area contributed by atoms with Crippen molar-refractivity contribution >= 4 is 5.91 Å². The second kappa shape index (κ2) is 7.20. The number of nitrogens with zero attached hydrogens (tertiary/aromatic N) is 4. The Morgan fingerprint density at radius 2 is 2.26 bits per heavy atom. The molecule has 19 heavy (non-hydrogen) atoms. The highest BCUT2D eigenvalue weighted by Crippen LogP contribution is 2.00. The van der Waals surface area contributed by atoms with Gasteiger partial charge >= 0.3 is 0 Å². The van der Waals surface area contributed by atoms with Crippen LogP contribution in [0.4, 0.5) is 0 Å². The van der Waals surface area contributed by atoms with E-state index in [1.165, 1.54) is 0 Å². The van der Waals surface area contributed by atoms with Crippen molar-refractivity contribution in [1.29, 1.82) is 0 Å². The van der Waals surface area contributed by atoms with E-state index in [1.807, 2.05) is 16.5 Å². The molecule has 0 spiro atoms. The fraction of sp³-hybridized carbons (Fsp3) is 0.750. The molecule has 1 aliphatic rings. The standard InChI is InChI=1S/C12H21N5O2/c1-2-17-11(14-10-15-17)9-13-4-3-12(18)16-5-7-19-8-6-16/h10,13H,2-9H2,1H3. The van der Waals surface area contributed by atoms with Gasteiger partial charge in [-0.1, -0.05) is 0 Å². The molecule has 7 nitrogen and oxygen atoms in total. The highest BCUT2D eigenvalue weighted by molar-refractivity contribution is 5.76. The lowest BCUT2D eigenvalue weighted by Gasteiger charge is -2.26. The molecule has 1 fully saturated rings. The third-order valence-corrected chi connectivity index (χ3v) is 3.16. The molecule has 2 heterocycles. The molecule has 1 aromatic heterocycles. The molecule has 0 aliphatic carbocycles. The fourth-order valence-electron chi connectivity index (χ4n) is 2.06. The Balaban J connectivity index is 1.65. The monoisotopic (exact) mass is 267 g/mol. The van der Waals surface area contributed by atoms with Gasteiger partial charge in [-0.15, -0.1) is 0 Å².